The molecule has 2 aromatic carbocycles. The zero-order valence-corrected chi connectivity index (χ0v) is 15.9. The fraction of sp³-hybridized carbons (Fsp3) is 0.391. The second-order valence-corrected chi connectivity index (χ2v) is 7.15. The molecule has 0 bridgehead atoms. The molecule has 4 nitrogen and oxygen atoms in total. The maximum Gasteiger partial charge on any atom is 0.222 e. The molecule has 0 unspecified atom stereocenters. The van der Waals surface area contributed by atoms with Crippen molar-refractivity contribution in [2.45, 2.75) is 32.6 Å². The van der Waals surface area contributed by atoms with Crippen molar-refractivity contribution in [3.05, 3.63) is 65.7 Å². The minimum atomic E-state index is 0.0288. The van der Waals surface area contributed by atoms with E-state index in [0.717, 1.165) is 29.7 Å². The molecule has 2 aromatic rings. The molecule has 1 aliphatic heterocycles. The number of aryl methyl sites for hydroxylation is 1. The van der Waals surface area contributed by atoms with E-state index < -0.39 is 0 Å². The first-order chi connectivity index (χ1) is 13.1. The molecule has 0 spiro atoms. The molecule has 3 rings (SSSR count). The summed E-state index contributed by atoms with van der Waals surface area (Å²) >= 11 is 0. The van der Waals surface area contributed by atoms with Crippen molar-refractivity contribution in [2.75, 3.05) is 19.7 Å². The van der Waals surface area contributed by atoms with Crippen molar-refractivity contribution in [2.24, 2.45) is 5.92 Å². The molecule has 1 heterocycles. The van der Waals surface area contributed by atoms with Crippen LogP contribution in [0.4, 0.5) is 0 Å². The van der Waals surface area contributed by atoms with Gasteiger partial charge >= 0.3 is 0 Å². The Balaban J connectivity index is 1.38. The van der Waals surface area contributed by atoms with Crippen LogP contribution in [0.2, 0.25) is 0 Å². The molecular weight excluding hydrogens is 338 g/mol. The lowest BCUT2D eigenvalue weighted by Crippen LogP contribution is -2.40. The van der Waals surface area contributed by atoms with E-state index in [-0.39, 0.29) is 17.6 Å². The average molecular weight is 365 g/mol. The highest BCUT2D eigenvalue weighted by Gasteiger charge is 2.27. The van der Waals surface area contributed by atoms with Crippen molar-refractivity contribution in [1.82, 2.24) is 4.90 Å². The van der Waals surface area contributed by atoms with Crippen LogP contribution in [0.5, 0.6) is 5.75 Å². The third kappa shape index (κ3) is 5.43. The molecule has 0 aliphatic carbocycles. The van der Waals surface area contributed by atoms with E-state index in [1.807, 2.05) is 66.4 Å². The molecule has 0 aromatic heterocycles. The number of Topliss-reactive ketones (excluding diaryl/α,β-unsaturated/α-hetero) is 1. The summed E-state index contributed by atoms with van der Waals surface area (Å²) in [6.45, 7) is 3.91. The Morgan fingerprint density at radius 1 is 1.04 bits per heavy atom. The zero-order valence-electron chi connectivity index (χ0n) is 15.9. The summed E-state index contributed by atoms with van der Waals surface area (Å²) in [5, 5.41) is 0. The van der Waals surface area contributed by atoms with Gasteiger partial charge in [0.25, 0.3) is 0 Å². The largest absolute Gasteiger partial charge is 0.494 e. The van der Waals surface area contributed by atoms with E-state index in [9.17, 15) is 9.59 Å². The molecule has 0 atom stereocenters. The molecule has 1 saturated heterocycles. The van der Waals surface area contributed by atoms with Gasteiger partial charge in [-0.3, -0.25) is 9.59 Å². The van der Waals surface area contributed by atoms with Gasteiger partial charge < -0.3 is 9.64 Å². The second kappa shape index (κ2) is 9.36. The first-order valence-electron chi connectivity index (χ1n) is 9.70. The lowest BCUT2D eigenvalue weighted by molar-refractivity contribution is -0.132. The zero-order chi connectivity index (χ0) is 19.1. The van der Waals surface area contributed by atoms with Crippen LogP contribution < -0.4 is 4.74 Å². The van der Waals surface area contributed by atoms with Gasteiger partial charge in [0.05, 0.1) is 6.61 Å². The molecule has 1 fully saturated rings. The van der Waals surface area contributed by atoms with Crippen molar-refractivity contribution >= 4 is 11.7 Å². The van der Waals surface area contributed by atoms with Gasteiger partial charge in [-0.15, -0.1) is 0 Å². The highest BCUT2D eigenvalue weighted by atomic mass is 16.5. The van der Waals surface area contributed by atoms with Crippen molar-refractivity contribution in [1.29, 1.82) is 0 Å². The summed E-state index contributed by atoms with van der Waals surface area (Å²) in [6, 6.07) is 17.4. The highest BCUT2D eigenvalue weighted by molar-refractivity contribution is 5.98. The Labute approximate surface area is 161 Å². The number of carbonyl (C=O) groups is 2. The fourth-order valence-electron chi connectivity index (χ4n) is 3.51. The van der Waals surface area contributed by atoms with E-state index in [0.29, 0.717) is 32.5 Å². The monoisotopic (exact) mass is 365 g/mol. The van der Waals surface area contributed by atoms with Gasteiger partial charge in [-0.25, -0.2) is 0 Å². The number of amides is 1. The van der Waals surface area contributed by atoms with Crippen molar-refractivity contribution in [3.63, 3.8) is 0 Å². The van der Waals surface area contributed by atoms with Gasteiger partial charge in [0.1, 0.15) is 5.75 Å². The molecule has 0 saturated carbocycles. The Kier molecular flexibility index (Phi) is 6.64. The van der Waals surface area contributed by atoms with Gasteiger partial charge in [-0.1, -0.05) is 42.5 Å². The first-order valence-corrected chi connectivity index (χ1v) is 9.70. The molecule has 0 radical (unpaired) electrons. The topological polar surface area (TPSA) is 46.6 Å². The number of ketones is 1. The molecule has 1 aliphatic rings. The van der Waals surface area contributed by atoms with Crippen molar-refractivity contribution in [3.8, 4) is 5.75 Å². The summed E-state index contributed by atoms with van der Waals surface area (Å²) in [5.74, 6) is 1.24. The SMILES string of the molecule is Cc1cccc(OCCCC(=O)N2CCC(C(=O)c3ccccc3)CC2)c1. The number of carbonyl (C=O) groups excluding carboxylic acids is 2. The summed E-state index contributed by atoms with van der Waals surface area (Å²) in [6.07, 6.45) is 2.69. The van der Waals surface area contributed by atoms with Crippen LogP contribution in [-0.2, 0) is 4.79 Å². The maximum absolute atomic E-state index is 12.5. The molecule has 142 valence electrons. The maximum atomic E-state index is 12.5. The standard InChI is InChI=1S/C23H27NO3/c1-18-7-5-10-21(17-18)27-16-6-11-22(25)24-14-12-20(13-15-24)23(26)19-8-3-2-4-9-19/h2-5,7-10,17,20H,6,11-16H2,1H3. The summed E-state index contributed by atoms with van der Waals surface area (Å²) < 4.78 is 5.71. The number of hydrogen-bond donors (Lipinski definition) is 0. The minimum Gasteiger partial charge on any atom is -0.494 e. The predicted octanol–water partition coefficient (Wildman–Crippen LogP) is 4.28. The van der Waals surface area contributed by atoms with E-state index in [4.69, 9.17) is 4.74 Å². The smallest absolute Gasteiger partial charge is 0.222 e. The van der Waals surface area contributed by atoms with E-state index in [1.54, 1.807) is 0 Å². The molecule has 0 N–H and O–H groups in total. The van der Waals surface area contributed by atoms with Crippen LogP contribution in [0.1, 0.15) is 41.6 Å². The van der Waals surface area contributed by atoms with Crippen LogP contribution in [0.3, 0.4) is 0 Å². The predicted molar refractivity (Wildman–Crippen MR) is 106 cm³/mol. The number of benzene rings is 2. The van der Waals surface area contributed by atoms with Crippen LogP contribution >= 0.6 is 0 Å². The van der Waals surface area contributed by atoms with Crippen LogP contribution in [-0.4, -0.2) is 36.3 Å². The number of ether oxygens (including phenoxy) is 1. The summed E-state index contributed by atoms with van der Waals surface area (Å²) in [4.78, 5) is 26.8. The van der Waals surface area contributed by atoms with Gasteiger partial charge in [0, 0.05) is 31.0 Å². The Morgan fingerprint density at radius 3 is 2.48 bits per heavy atom. The highest BCUT2D eigenvalue weighted by Crippen LogP contribution is 2.22. The van der Waals surface area contributed by atoms with Gasteiger partial charge in [0.2, 0.25) is 5.91 Å². The van der Waals surface area contributed by atoms with E-state index >= 15 is 0 Å². The summed E-state index contributed by atoms with van der Waals surface area (Å²) in [7, 11) is 0. The Bertz CT molecular complexity index is 764. The van der Waals surface area contributed by atoms with E-state index in [1.165, 1.54) is 0 Å². The lowest BCUT2D eigenvalue weighted by Gasteiger charge is -2.31. The Morgan fingerprint density at radius 2 is 1.78 bits per heavy atom. The fourth-order valence-corrected chi connectivity index (χ4v) is 3.51. The van der Waals surface area contributed by atoms with E-state index in [2.05, 4.69) is 0 Å². The molecular formula is C23H27NO3. The number of likely N-dealkylation sites (tertiary alicyclic amines) is 1. The Hall–Kier alpha value is -2.62. The number of rotatable bonds is 7. The van der Waals surface area contributed by atoms with Crippen molar-refractivity contribution < 1.29 is 14.3 Å². The third-order valence-corrected chi connectivity index (χ3v) is 5.07. The van der Waals surface area contributed by atoms with Gasteiger partial charge in [-0.05, 0) is 43.9 Å². The lowest BCUT2D eigenvalue weighted by atomic mass is 9.89. The normalized spacial score (nSPS) is 14.8. The van der Waals surface area contributed by atoms with Gasteiger partial charge in [0.15, 0.2) is 5.78 Å². The second-order valence-electron chi connectivity index (χ2n) is 7.15. The van der Waals surface area contributed by atoms with Crippen LogP contribution in [0.25, 0.3) is 0 Å². The summed E-state index contributed by atoms with van der Waals surface area (Å²) in [5.41, 5.74) is 1.94. The first kappa shape index (κ1) is 19.2. The van der Waals surface area contributed by atoms with Gasteiger partial charge in [-0.2, -0.15) is 0 Å². The third-order valence-electron chi connectivity index (χ3n) is 5.07. The van der Waals surface area contributed by atoms with Crippen LogP contribution in [0, 0.1) is 12.8 Å². The van der Waals surface area contributed by atoms with Crippen LogP contribution in [0.15, 0.2) is 54.6 Å². The number of nitrogens with zero attached hydrogens (tertiary/aromatic N) is 1. The molecule has 1 amide bonds. The minimum absolute atomic E-state index is 0.0288. The molecule has 27 heavy (non-hydrogen) atoms. The average Bonchev–Trinajstić information content (AvgIpc) is 2.71. The number of piperidine rings is 1. The molecule has 4 heteroatoms. The number of hydrogen-bond acceptors (Lipinski definition) is 3. The quantitative estimate of drug-likeness (QED) is 0.544.